The van der Waals surface area contributed by atoms with Gasteiger partial charge in [-0.05, 0) is 0 Å². The molecule has 0 spiro atoms. The van der Waals surface area contributed by atoms with Gasteiger partial charge in [0, 0.05) is 6.08 Å². The third-order valence-corrected chi connectivity index (χ3v) is 0.471. The molecule has 0 saturated heterocycles. The van der Waals surface area contributed by atoms with Crippen LogP contribution in [0.25, 0.3) is 0 Å². The summed E-state index contributed by atoms with van der Waals surface area (Å²) in [5, 5.41) is 0.634. The minimum atomic E-state index is -0.398. The molecule has 0 saturated carbocycles. The van der Waals surface area contributed by atoms with Crippen molar-refractivity contribution in [2.24, 2.45) is 0 Å². The topological polar surface area (TPSA) is 30.7 Å². The largest absolute Gasteiger partial charge is 0.389 e. The second kappa shape index (κ2) is 3.21. The normalized spacial score (nSPS) is 8.88. The molecule has 0 aliphatic rings. The first-order valence-electron chi connectivity index (χ1n) is 2.31. The Hall–Kier alpha value is -0.830. The molecule has 0 radical (unpaired) electrons. The summed E-state index contributed by atoms with van der Waals surface area (Å²) >= 11 is 0. The summed E-state index contributed by atoms with van der Waals surface area (Å²) < 4.78 is 0. The Bertz CT molecular complexity index is 98.6. The predicted molar refractivity (Wildman–Crippen MR) is 29.1 cm³/mol. The molecule has 0 aromatic heterocycles. The molecule has 0 aliphatic carbocycles. The van der Waals surface area contributed by atoms with Gasteiger partial charge in [-0.1, -0.05) is 6.58 Å². The number of hydrogen-bond acceptors (Lipinski definition) is 2. The van der Waals surface area contributed by atoms with Gasteiger partial charge >= 0.3 is 5.97 Å². The molecule has 0 fully saturated rings. The van der Waals surface area contributed by atoms with Crippen molar-refractivity contribution in [2.45, 2.75) is 0 Å². The fourth-order valence-electron chi connectivity index (χ4n) is 0.243. The van der Waals surface area contributed by atoms with E-state index in [0.29, 0.717) is 5.06 Å². The average molecular weight is 116 g/mol. The zero-order valence-corrected chi connectivity index (χ0v) is 5.10. The molecule has 8 heavy (non-hydrogen) atoms. The molecule has 0 aromatic rings. The van der Waals surface area contributed by atoms with Crippen molar-refractivity contribution in [3.63, 3.8) is 0 Å². The average Bonchev–Trinajstić information content (AvgIpc) is 1.65. The predicted octanol–water partition coefficient (Wildman–Crippen LogP) is -1.22. The fraction of sp³-hybridized carbons (Fsp3) is 0.400. The van der Waals surface area contributed by atoms with Crippen LogP contribution in [0.4, 0.5) is 0 Å². The van der Waals surface area contributed by atoms with Crippen molar-refractivity contribution in [2.75, 3.05) is 14.1 Å². The lowest BCUT2D eigenvalue weighted by molar-refractivity contribution is -1.04. The van der Waals surface area contributed by atoms with Gasteiger partial charge < -0.3 is 0 Å². The maximum Gasteiger partial charge on any atom is 0.389 e. The van der Waals surface area contributed by atoms with Gasteiger partial charge in [0.2, 0.25) is 0 Å². The van der Waals surface area contributed by atoms with E-state index in [9.17, 15) is 4.79 Å². The highest BCUT2D eigenvalue weighted by Gasteiger charge is 1.98. The van der Waals surface area contributed by atoms with Crippen molar-refractivity contribution < 1.29 is 14.7 Å². The quantitative estimate of drug-likeness (QED) is 0.362. The van der Waals surface area contributed by atoms with Gasteiger partial charge in [-0.3, -0.25) is 4.84 Å². The van der Waals surface area contributed by atoms with Crippen molar-refractivity contribution in [1.29, 1.82) is 0 Å². The summed E-state index contributed by atoms with van der Waals surface area (Å²) in [5.74, 6) is -0.398. The minimum absolute atomic E-state index is 0.398. The first-order chi connectivity index (χ1) is 3.66. The lowest BCUT2D eigenvalue weighted by Gasteiger charge is -2.01. The van der Waals surface area contributed by atoms with Crippen LogP contribution < -0.4 is 5.06 Å². The highest BCUT2D eigenvalue weighted by atomic mass is 16.7. The van der Waals surface area contributed by atoms with Crippen LogP contribution in [0.5, 0.6) is 0 Å². The van der Waals surface area contributed by atoms with Gasteiger partial charge in [-0.25, -0.2) is 4.79 Å². The maximum atomic E-state index is 10.3. The Kier molecular flexibility index (Phi) is 2.88. The SMILES string of the molecule is C=CC(=O)O[NH+](C)C. The van der Waals surface area contributed by atoms with E-state index in [4.69, 9.17) is 0 Å². The Balaban J connectivity index is 3.39. The summed E-state index contributed by atoms with van der Waals surface area (Å²) in [7, 11) is 3.42. The maximum absolute atomic E-state index is 10.3. The molecule has 0 aromatic carbocycles. The Labute approximate surface area is 48.5 Å². The molecule has 0 aliphatic heterocycles. The van der Waals surface area contributed by atoms with E-state index in [1.165, 1.54) is 0 Å². The highest BCUT2D eigenvalue weighted by molar-refractivity contribution is 5.80. The van der Waals surface area contributed by atoms with Crippen molar-refractivity contribution in [3.8, 4) is 0 Å². The second-order valence-electron chi connectivity index (χ2n) is 1.53. The van der Waals surface area contributed by atoms with Crippen LogP contribution in [0.2, 0.25) is 0 Å². The van der Waals surface area contributed by atoms with Crippen molar-refractivity contribution in [1.82, 2.24) is 0 Å². The zero-order chi connectivity index (χ0) is 6.57. The van der Waals surface area contributed by atoms with E-state index in [0.717, 1.165) is 6.08 Å². The lowest BCUT2D eigenvalue weighted by atomic mass is 10.7. The molecule has 0 bridgehead atoms. The van der Waals surface area contributed by atoms with Crippen LogP contribution in [0.3, 0.4) is 0 Å². The monoisotopic (exact) mass is 116 g/mol. The van der Waals surface area contributed by atoms with Gasteiger partial charge in [0.15, 0.2) is 0 Å². The molecule has 0 amide bonds. The van der Waals surface area contributed by atoms with Crippen molar-refractivity contribution in [3.05, 3.63) is 12.7 Å². The van der Waals surface area contributed by atoms with Crippen LogP contribution in [0.1, 0.15) is 0 Å². The molecule has 0 heterocycles. The standard InChI is InChI=1S/C5H9NO2/c1-4-5(7)8-6(2)3/h4H,1H2,2-3H3/p+1. The second-order valence-corrected chi connectivity index (χ2v) is 1.53. The first-order valence-corrected chi connectivity index (χ1v) is 2.31. The van der Waals surface area contributed by atoms with E-state index in [1.54, 1.807) is 14.1 Å². The molecule has 0 unspecified atom stereocenters. The first kappa shape index (κ1) is 7.17. The number of carbonyl (C=O) groups is 1. The number of hydrogen-bond donors (Lipinski definition) is 1. The molecule has 0 atom stereocenters. The number of nitrogens with one attached hydrogen (secondary N) is 1. The van der Waals surface area contributed by atoms with E-state index in [2.05, 4.69) is 11.4 Å². The number of hydroxylamine groups is 2. The van der Waals surface area contributed by atoms with E-state index in [1.807, 2.05) is 0 Å². The molecule has 0 rings (SSSR count). The van der Waals surface area contributed by atoms with Crippen LogP contribution in [-0.2, 0) is 9.63 Å². The molecule has 3 nitrogen and oxygen atoms in total. The Morgan fingerprint density at radius 2 is 2.25 bits per heavy atom. The smallest absolute Gasteiger partial charge is 0.274 e. The van der Waals surface area contributed by atoms with E-state index >= 15 is 0 Å². The summed E-state index contributed by atoms with van der Waals surface area (Å²) in [4.78, 5) is 14.8. The van der Waals surface area contributed by atoms with Crippen LogP contribution in [0.15, 0.2) is 12.7 Å². The van der Waals surface area contributed by atoms with E-state index in [-0.39, 0.29) is 0 Å². The highest BCUT2D eigenvalue weighted by Crippen LogP contribution is 1.64. The third kappa shape index (κ3) is 3.36. The van der Waals surface area contributed by atoms with Gasteiger partial charge in [-0.15, -0.1) is 5.06 Å². The van der Waals surface area contributed by atoms with Crippen molar-refractivity contribution >= 4 is 5.97 Å². The fourth-order valence-corrected chi connectivity index (χ4v) is 0.243. The van der Waals surface area contributed by atoms with Gasteiger partial charge in [-0.2, -0.15) is 0 Å². The Morgan fingerprint density at radius 1 is 1.75 bits per heavy atom. The summed E-state index contributed by atoms with van der Waals surface area (Å²) in [6, 6.07) is 0. The molecule has 46 valence electrons. The van der Waals surface area contributed by atoms with Gasteiger partial charge in [0.25, 0.3) is 0 Å². The number of rotatable bonds is 2. The van der Waals surface area contributed by atoms with Gasteiger partial charge in [0.05, 0.1) is 0 Å². The summed E-state index contributed by atoms with van der Waals surface area (Å²) in [5.41, 5.74) is 0. The van der Waals surface area contributed by atoms with Crippen LogP contribution in [-0.4, -0.2) is 20.1 Å². The molecular weight excluding hydrogens is 106 g/mol. The zero-order valence-electron chi connectivity index (χ0n) is 5.10. The van der Waals surface area contributed by atoms with E-state index < -0.39 is 5.97 Å². The lowest BCUT2D eigenvalue weighted by Crippen LogP contribution is -3.05. The minimum Gasteiger partial charge on any atom is -0.274 e. The molecule has 1 N–H and O–H groups in total. The van der Waals surface area contributed by atoms with Gasteiger partial charge in [0.1, 0.15) is 14.1 Å². The third-order valence-electron chi connectivity index (χ3n) is 0.471. The van der Waals surface area contributed by atoms with Crippen LogP contribution in [0, 0.1) is 0 Å². The summed E-state index contributed by atoms with van der Waals surface area (Å²) in [6.07, 6.45) is 1.13. The summed E-state index contributed by atoms with van der Waals surface area (Å²) in [6.45, 7) is 3.23. The number of quaternary nitrogens is 1. The number of carbonyl (C=O) groups excluding carboxylic acids is 1. The Morgan fingerprint density at radius 3 is 2.38 bits per heavy atom. The molecule has 3 heteroatoms. The molecular formula is C5H10NO2+. The van der Waals surface area contributed by atoms with Crippen LogP contribution >= 0.6 is 0 Å².